The molecular weight excluding hydrogens is 306 g/mol. The zero-order valence-corrected chi connectivity index (χ0v) is 13.8. The normalized spacial score (nSPS) is 11.0. The minimum atomic E-state index is -0.267. The van der Waals surface area contributed by atoms with Crippen molar-refractivity contribution in [2.24, 2.45) is 0 Å². The topological polar surface area (TPSA) is 90.4 Å². The Morgan fingerprint density at radius 2 is 2.12 bits per heavy atom. The van der Waals surface area contributed by atoms with Crippen molar-refractivity contribution in [3.05, 3.63) is 48.0 Å². The summed E-state index contributed by atoms with van der Waals surface area (Å²) in [5.41, 5.74) is 7.83. The van der Waals surface area contributed by atoms with Crippen molar-refractivity contribution >= 4 is 28.3 Å². The zero-order chi connectivity index (χ0) is 17.3. The van der Waals surface area contributed by atoms with Gasteiger partial charge in [-0.15, -0.1) is 0 Å². The predicted molar refractivity (Wildman–Crippen MR) is 93.5 cm³/mol. The summed E-state index contributed by atoms with van der Waals surface area (Å²) in [6.07, 6.45) is 3.07. The van der Waals surface area contributed by atoms with E-state index < -0.39 is 0 Å². The number of aromatic nitrogens is 1. The molecule has 0 saturated heterocycles. The van der Waals surface area contributed by atoms with Gasteiger partial charge >= 0.3 is 0 Å². The van der Waals surface area contributed by atoms with Crippen LogP contribution < -0.4 is 15.8 Å². The highest BCUT2D eigenvalue weighted by atomic mass is 16.5. The molecular formula is C18H19N3O3. The number of methoxy groups -OCH3 is 1. The fourth-order valence-electron chi connectivity index (χ4n) is 2.47. The third kappa shape index (κ3) is 2.78. The van der Waals surface area contributed by atoms with Gasteiger partial charge < -0.3 is 20.2 Å². The number of ether oxygens (including phenoxy) is 1. The molecule has 3 N–H and O–H groups in total. The number of hydrogen-bond acceptors (Lipinski definition) is 5. The minimum absolute atomic E-state index is 0.203. The minimum Gasteiger partial charge on any atom is -0.493 e. The summed E-state index contributed by atoms with van der Waals surface area (Å²) in [6, 6.07) is 6.98. The molecule has 2 aromatic heterocycles. The molecule has 0 radical (unpaired) electrons. The second-order valence-electron chi connectivity index (χ2n) is 5.78. The lowest BCUT2D eigenvalue weighted by atomic mass is 10.1. The number of fused-ring (bicyclic) bond motifs is 1. The van der Waals surface area contributed by atoms with Gasteiger partial charge in [0.1, 0.15) is 5.76 Å². The van der Waals surface area contributed by atoms with E-state index in [0.717, 1.165) is 5.76 Å². The molecule has 124 valence electrons. The lowest BCUT2D eigenvalue weighted by Gasteiger charge is -2.09. The first-order valence-electron chi connectivity index (χ1n) is 7.62. The molecule has 0 aliphatic rings. The van der Waals surface area contributed by atoms with Gasteiger partial charge in [-0.2, -0.15) is 0 Å². The summed E-state index contributed by atoms with van der Waals surface area (Å²) in [7, 11) is 1.57. The Hall–Kier alpha value is -3.02. The summed E-state index contributed by atoms with van der Waals surface area (Å²) < 4.78 is 11.2. The number of rotatable bonds is 4. The van der Waals surface area contributed by atoms with Crippen molar-refractivity contribution in [3.63, 3.8) is 0 Å². The van der Waals surface area contributed by atoms with Crippen molar-refractivity contribution in [3.8, 4) is 5.75 Å². The second kappa shape index (κ2) is 6.23. The highest BCUT2D eigenvalue weighted by molar-refractivity contribution is 6.13. The molecule has 0 aliphatic heterocycles. The number of nitrogens with zero attached hydrogens (tertiary/aromatic N) is 1. The van der Waals surface area contributed by atoms with Crippen LogP contribution in [0.15, 0.2) is 41.1 Å². The number of anilines is 2. The molecule has 0 spiro atoms. The van der Waals surface area contributed by atoms with E-state index in [2.05, 4.69) is 10.3 Å². The van der Waals surface area contributed by atoms with Crippen LogP contribution in [0.1, 0.15) is 35.9 Å². The smallest absolute Gasteiger partial charge is 0.256 e. The van der Waals surface area contributed by atoms with E-state index in [1.54, 1.807) is 31.5 Å². The molecule has 0 bridgehead atoms. The highest BCUT2D eigenvalue weighted by Crippen LogP contribution is 2.34. The first-order chi connectivity index (χ1) is 11.5. The van der Waals surface area contributed by atoms with E-state index in [-0.39, 0.29) is 11.8 Å². The van der Waals surface area contributed by atoms with Crippen molar-refractivity contribution in [2.75, 3.05) is 18.2 Å². The molecule has 24 heavy (non-hydrogen) atoms. The van der Waals surface area contributed by atoms with Crippen molar-refractivity contribution in [2.45, 2.75) is 19.8 Å². The number of carbonyl (C=O) groups is 1. The quantitative estimate of drug-likeness (QED) is 0.761. The van der Waals surface area contributed by atoms with E-state index in [4.69, 9.17) is 14.9 Å². The van der Waals surface area contributed by atoms with E-state index in [1.165, 1.54) is 6.20 Å². The fraction of sp³-hybridized carbons (Fsp3) is 0.222. The molecule has 0 saturated carbocycles. The molecule has 3 rings (SSSR count). The molecule has 3 aromatic rings. The Kier molecular flexibility index (Phi) is 4.12. The Morgan fingerprint density at radius 1 is 1.33 bits per heavy atom. The fourth-order valence-corrected chi connectivity index (χ4v) is 2.47. The Balaban J connectivity index is 2.05. The zero-order valence-electron chi connectivity index (χ0n) is 13.8. The SMILES string of the molecule is COc1ccc(C(=O)Nc2ccncc2N)c2cc(C(C)C)oc12. The second-order valence-corrected chi connectivity index (χ2v) is 5.78. The summed E-state index contributed by atoms with van der Waals surface area (Å²) in [4.78, 5) is 16.6. The van der Waals surface area contributed by atoms with Crippen LogP contribution in [0.4, 0.5) is 11.4 Å². The van der Waals surface area contributed by atoms with E-state index in [1.807, 2.05) is 19.9 Å². The number of amides is 1. The maximum Gasteiger partial charge on any atom is 0.256 e. The standard InChI is InChI=1S/C18H19N3O3/c1-10(2)16-8-12-11(4-5-15(23-3)17(12)24-16)18(22)21-14-6-7-20-9-13(14)19/h4-10H,19H2,1-3H3,(H,20,21,22). The molecule has 0 fully saturated rings. The van der Waals surface area contributed by atoms with Crippen molar-refractivity contribution < 1.29 is 13.9 Å². The van der Waals surface area contributed by atoms with Crippen molar-refractivity contribution in [1.82, 2.24) is 4.98 Å². The van der Waals surface area contributed by atoms with Gasteiger partial charge in [-0.1, -0.05) is 13.8 Å². The van der Waals surface area contributed by atoms with Crippen LogP contribution in [0, 0.1) is 0 Å². The molecule has 6 heteroatoms. The lowest BCUT2D eigenvalue weighted by Crippen LogP contribution is -2.13. The van der Waals surface area contributed by atoms with Gasteiger partial charge in [0.25, 0.3) is 5.91 Å². The van der Waals surface area contributed by atoms with Crippen molar-refractivity contribution in [1.29, 1.82) is 0 Å². The van der Waals surface area contributed by atoms with Crippen LogP contribution in [-0.2, 0) is 0 Å². The largest absolute Gasteiger partial charge is 0.493 e. The first kappa shape index (κ1) is 15.9. The monoisotopic (exact) mass is 325 g/mol. The molecule has 2 heterocycles. The third-order valence-corrected chi connectivity index (χ3v) is 3.80. The molecule has 6 nitrogen and oxygen atoms in total. The molecule has 0 unspecified atom stereocenters. The summed E-state index contributed by atoms with van der Waals surface area (Å²) in [6.45, 7) is 4.06. The van der Waals surface area contributed by atoms with Gasteiger partial charge in [-0.05, 0) is 24.3 Å². The van der Waals surface area contributed by atoms with Gasteiger partial charge in [0.05, 0.1) is 30.2 Å². The van der Waals surface area contributed by atoms with Gasteiger partial charge in [0.15, 0.2) is 11.3 Å². The average Bonchev–Trinajstić information content (AvgIpc) is 3.01. The van der Waals surface area contributed by atoms with E-state index >= 15 is 0 Å². The number of pyridine rings is 1. The van der Waals surface area contributed by atoms with Crippen LogP contribution in [-0.4, -0.2) is 18.0 Å². The van der Waals surface area contributed by atoms with Gasteiger partial charge in [0, 0.05) is 17.5 Å². The van der Waals surface area contributed by atoms with Crippen LogP contribution in [0.2, 0.25) is 0 Å². The number of benzene rings is 1. The lowest BCUT2D eigenvalue weighted by molar-refractivity contribution is 0.102. The number of hydrogen-bond donors (Lipinski definition) is 2. The maximum absolute atomic E-state index is 12.7. The Labute approximate surface area is 139 Å². The number of carbonyl (C=O) groups excluding carboxylic acids is 1. The van der Waals surface area contributed by atoms with Crippen LogP contribution >= 0.6 is 0 Å². The number of furan rings is 1. The molecule has 1 amide bonds. The maximum atomic E-state index is 12.7. The van der Waals surface area contributed by atoms with Gasteiger partial charge in [0.2, 0.25) is 0 Å². The van der Waals surface area contributed by atoms with Crippen LogP contribution in [0.5, 0.6) is 5.75 Å². The molecule has 1 aromatic carbocycles. The van der Waals surface area contributed by atoms with Crippen LogP contribution in [0.3, 0.4) is 0 Å². The number of nitrogen functional groups attached to an aromatic ring is 1. The van der Waals surface area contributed by atoms with Crippen LogP contribution in [0.25, 0.3) is 11.0 Å². The van der Waals surface area contributed by atoms with E-state index in [9.17, 15) is 4.79 Å². The van der Waals surface area contributed by atoms with Gasteiger partial charge in [-0.3, -0.25) is 9.78 Å². The summed E-state index contributed by atoms with van der Waals surface area (Å²) >= 11 is 0. The third-order valence-electron chi connectivity index (χ3n) is 3.80. The van der Waals surface area contributed by atoms with E-state index in [0.29, 0.717) is 33.7 Å². The first-order valence-corrected chi connectivity index (χ1v) is 7.62. The van der Waals surface area contributed by atoms with Gasteiger partial charge in [-0.25, -0.2) is 0 Å². The average molecular weight is 325 g/mol. The number of nitrogens with two attached hydrogens (primary N) is 1. The highest BCUT2D eigenvalue weighted by Gasteiger charge is 2.19. The summed E-state index contributed by atoms with van der Waals surface area (Å²) in [5.74, 6) is 1.33. The predicted octanol–water partition coefficient (Wildman–Crippen LogP) is 3.79. The Bertz CT molecular complexity index is 900. The summed E-state index contributed by atoms with van der Waals surface area (Å²) in [5, 5.41) is 3.52. The molecule has 0 aliphatic carbocycles. The Morgan fingerprint density at radius 3 is 2.79 bits per heavy atom. The number of nitrogens with one attached hydrogen (secondary N) is 1. The molecule has 0 atom stereocenters.